The van der Waals surface area contributed by atoms with Gasteiger partial charge in [0.05, 0.1) is 5.69 Å². The third-order valence-corrected chi connectivity index (χ3v) is 3.36. The molecule has 2 heterocycles. The van der Waals surface area contributed by atoms with Crippen LogP contribution in [0, 0.1) is 0 Å². The van der Waals surface area contributed by atoms with Gasteiger partial charge in [0, 0.05) is 30.5 Å². The summed E-state index contributed by atoms with van der Waals surface area (Å²) in [6, 6.07) is 14.8. The molecular weight excluding hydrogens is 234 g/mol. The van der Waals surface area contributed by atoms with E-state index < -0.39 is 0 Å². The van der Waals surface area contributed by atoms with Crippen LogP contribution in [-0.4, -0.2) is 9.97 Å². The standard InChI is InChI=1S/C16H17N3/c1-12(15-4-2-3-8-17-15)19-11-13-5-6-16-14(10-13)7-9-18-16/h2-10,12,18-19H,11H2,1H3/t12-/m1/s1. The average molecular weight is 251 g/mol. The number of aromatic amines is 1. The summed E-state index contributed by atoms with van der Waals surface area (Å²) in [5, 5.41) is 4.75. The summed E-state index contributed by atoms with van der Waals surface area (Å²) >= 11 is 0. The second-order valence-electron chi connectivity index (χ2n) is 4.76. The molecular formula is C16H17N3. The van der Waals surface area contributed by atoms with Gasteiger partial charge in [-0.25, -0.2) is 0 Å². The van der Waals surface area contributed by atoms with Crippen LogP contribution in [0.25, 0.3) is 10.9 Å². The van der Waals surface area contributed by atoms with Gasteiger partial charge in [0.15, 0.2) is 0 Å². The first-order valence-corrected chi connectivity index (χ1v) is 6.53. The minimum atomic E-state index is 0.253. The number of hydrogen-bond acceptors (Lipinski definition) is 2. The number of nitrogens with zero attached hydrogens (tertiary/aromatic N) is 1. The molecule has 0 saturated carbocycles. The first-order valence-electron chi connectivity index (χ1n) is 6.53. The summed E-state index contributed by atoms with van der Waals surface area (Å²) in [6.45, 7) is 2.98. The Hall–Kier alpha value is -2.13. The van der Waals surface area contributed by atoms with Gasteiger partial charge in [-0.3, -0.25) is 4.98 Å². The SMILES string of the molecule is C[C@@H](NCc1ccc2[nH]ccc2c1)c1ccccn1. The Kier molecular flexibility index (Phi) is 3.29. The van der Waals surface area contributed by atoms with Crippen LogP contribution in [-0.2, 0) is 6.54 Å². The molecule has 2 aromatic heterocycles. The quantitative estimate of drug-likeness (QED) is 0.746. The summed E-state index contributed by atoms with van der Waals surface area (Å²) in [4.78, 5) is 7.57. The molecule has 0 saturated heterocycles. The van der Waals surface area contributed by atoms with Crippen LogP contribution in [0.1, 0.15) is 24.2 Å². The van der Waals surface area contributed by atoms with Crippen LogP contribution < -0.4 is 5.32 Å². The molecule has 0 aliphatic carbocycles. The molecule has 0 radical (unpaired) electrons. The summed E-state index contributed by atoms with van der Waals surface area (Å²) < 4.78 is 0. The van der Waals surface area contributed by atoms with Crippen LogP contribution in [0.5, 0.6) is 0 Å². The van der Waals surface area contributed by atoms with Crippen molar-refractivity contribution in [3.8, 4) is 0 Å². The van der Waals surface area contributed by atoms with Crippen LogP contribution in [0.3, 0.4) is 0 Å². The molecule has 1 aromatic carbocycles. The van der Waals surface area contributed by atoms with Crippen molar-refractivity contribution < 1.29 is 0 Å². The maximum atomic E-state index is 4.37. The van der Waals surface area contributed by atoms with Crippen molar-refractivity contribution >= 4 is 10.9 Å². The molecule has 0 spiro atoms. The molecule has 3 aromatic rings. The van der Waals surface area contributed by atoms with E-state index in [0.29, 0.717) is 0 Å². The van der Waals surface area contributed by atoms with Gasteiger partial charge in [-0.15, -0.1) is 0 Å². The fourth-order valence-corrected chi connectivity index (χ4v) is 2.22. The molecule has 3 rings (SSSR count). The zero-order valence-corrected chi connectivity index (χ0v) is 10.9. The fraction of sp³-hybridized carbons (Fsp3) is 0.188. The Labute approximate surface area is 112 Å². The zero-order valence-electron chi connectivity index (χ0n) is 10.9. The minimum Gasteiger partial charge on any atom is -0.361 e. The Morgan fingerprint density at radius 1 is 1.21 bits per heavy atom. The van der Waals surface area contributed by atoms with E-state index in [1.807, 2.05) is 30.6 Å². The highest BCUT2D eigenvalue weighted by Gasteiger charge is 2.05. The molecule has 2 N–H and O–H groups in total. The Bertz CT molecular complexity index is 658. The first-order chi connectivity index (χ1) is 9.33. The van der Waals surface area contributed by atoms with Crippen molar-refractivity contribution in [3.63, 3.8) is 0 Å². The Balaban J connectivity index is 1.68. The highest BCUT2D eigenvalue weighted by molar-refractivity contribution is 5.79. The number of nitrogens with one attached hydrogen (secondary N) is 2. The molecule has 96 valence electrons. The highest BCUT2D eigenvalue weighted by Crippen LogP contribution is 2.15. The van der Waals surface area contributed by atoms with E-state index in [-0.39, 0.29) is 6.04 Å². The lowest BCUT2D eigenvalue weighted by atomic mass is 10.1. The number of aromatic nitrogens is 2. The fourth-order valence-electron chi connectivity index (χ4n) is 2.22. The van der Waals surface area contributed by atoms with Gasteiger partial charge >= 0.3 is 0 Å². The van der Waals surface area contributed by atoms with Gasteiger partial charge in [-0.05, 0) is 48.2 Å². The molecule has 3 heteroatoms. The number of fused-ring (bicyclic) bond motifs is 1. The van der Waals surface area contributed by atoms with E-state index in [9.17, 15) is 0 Å². The third-order valence-electron chi connectivity index (χ3n) is 3.36. The Morgan fingerprint density at radius 2 is 2.16 bits per heavy atom. The highest BCUT2D eigenvalue weighted by atomic mass is 14.9. The monoisotopic (exact) mass is 251 g/mol. The van der Waals surface area contributed by atoms with Crippen molar-refractivity contribution in [1.29, 1.82) is 0 Å². The van der Waals surface area contributed by atoms with Crippen molar-refractivity contribution in [1.82, 2.24) is 15.3 Å². The molecule has 19 heavy (non-hydrogen) atoms. The smallest absolute Gasteiger partial charge is 0.0570 e. The molecule has 1 atom stereocenters. The van der Waals surface area contributed by atoms with Gasteiger partial charge < -0.3 is 10.3 Å². The van der Waals surface area contributed by atoms with Crippen molar-refractivity contribution in [3.05, 3.63) is 66.1 Å². The molecule has 0 amide bonds. The van der Waals surface area contributed by atoms with Gasteiger partial charge in [0.25, 0.3) is 0 Å². The summed E-state index contributed by atoms with van der Waals surface area (Å²) in [5.74, 6) is 0. The maximum absolute atomic E-state index is 4.37. The summed E-state index contributed by atoms with van der Waals surface area (Å²) in [7, 11) is 0. The second-order valence-corrected chi connectivity index (χ2v) is 4.76. The molecule has 0 unspecified atom stereocenters. The van der Waals surface area contributed by atoms with E-state index in [4.69, 9.17) is 0 Å². The van der Waals surface area contributed by atoms with Crippen LogP contribution in [0.4, 0.5) is 0 Å². The minimum absolute atomic E-state index is 0.253. The van der Waals surface area contributed by atoms with Gasteiger partial charge in [0.1, 0.15) is 0 Å². The molecule has 0 bridgehead atoms. The number of H-pyrrole nitrogens is 1. The van der Waals surface area contributed by atoms with E-state index in [2.05, 4.69) is 46.5 Å². The largest absolute Gasteiger partial charge is 0.361 e. The number of hydrogen-bond donors (Lipinski definition) is 2. The van der Waals surface area contributed by atoms with Crippen molar-refractivity contribution in [2.75, 3.05) is 0 Å². The lowest BCUT2D eigenvalue weighted by molar-refractivity contribution is 0.562. The molecule has 0 fully saturated rings. The van der Waals surface area contributed by atoms with Crippen LogP contribution in [0.2, 0.25) is 0 Å². The zero-order chi connectivity index (χ0) is 13.1. The Morgan fingerprint density at radius 3 is 3.00 bits per heavy atom. The first kappa shape index (κ1) is 11.9. The topological polar surface area (TPSA) is 40.7 Å². The third kappa shape index (κ3) is 2.66. The van der Waals surface area contributed by atoms with Crippen molar-refractivity contribution in [2.45, 2.75) is 19.5 Å². The predicted molar refractivity (Wildman–Crippen MR) is 77.8 cm³/mol. The maximum Gasteiger partial charge on any atom is 0.0570 e. The lowest BCUT2D eigenvalue weighted by Gasteiger charge is -2.13. The second kappa shape index (κ2) is 5.24. The van der Waals surface area contributed by atoms with Crippen LogP contribution >= 0.6 is 0 Å². The van der Waals surface area contributed by atoms with E-state index in [1.165, 1.54) is 16.5 Å². The number of pyridine rings is 1. The van der Waals surface area contributed by atoms with E-state index in [1.54, 1.807) is 0 Å². The van der Waals surface area contributed by atoms with Crippen LogP contribution in [0.15, 0.2) is 54.9 Å². The summed E-state index contributed by atoms with van der Waals surface area (Å²) in [6.07, 6.45) is 3.80. The predicted octanol–water partition coefficient (Wildman–Crippen LogP) is 3.41. The van der Waals surface area contributed by atoms with Crippen molar-refractivity contribution in [2.24, 2.45) is 0 Å². The van der Waals surface area contributed by atoms with Gasteiger partial charge in [0.2, 0.25) is 0 Å². The van der Waals surface area contributed by atoms with Gasteiger partial charge in [-0.2, -0.15) is 0 Å². The van der Waals surface area contributed by atoms with E-state index >= 15 is 0 Å². The number of benzene rings is 1. The number of rotatable bonds is 4. The average Bonchev–Trinajstić information content (AvgIpc) is 2.93. The summed E-state index contributed by atoms with van der Waals surface area (Å²) in [5.41, 5.74) is 3.54. The normalized spacial score (nSPS) is 12.7. The lowest BCUT2D eigenvalue weighted by Crippen LogP contribution is -2.18. The molecule has 3 nitrogen and oxygen atoms in total. The molecule has 0 aliphatic heterocycles. The van der Waals surface area contributed by atoms with Gasteiger partial charge in [-0.1, -0.05) is 12.1 Å². The van der Waals surface area contributed by atoms with E-state index in [0.717, 1.165) is 12.2 Å². The molecule has 0 aliphatic rings.